The summed E-state index contributed by atoms with van der Waals surface area (Å²) in [5, 5.41) is 3.89. The number of hydrogen-bond acceptors (Lipinski definition) is 5. The van der Waals surface area contributed by atoms with Crippen molar-refractivity contribution < 1.29 is 22.7 Å². The molecule has 1 unspecified atom stereocenters. The van der Waals surface area contributed by atoms with Gasteiger partial charge in [0, 0.05) is 27.2 Å². The van der Waals surface area contributed by atoms with Crippen molar-refractivity contribution in [1.29, 1.82) is 0 Å². The Kier molecular flexibility index (Phi) is 11.4. The van der Waals surface area contributed by atoms with Crippen molar-refractivity contribution in [1.82, 2.24) is 10.2 Å². The van der Waals surface area contributed by atoms with E-state index < -0.39 is 34.1 Å². The number of carbonyl (C=O) groups excluding carboxylic acids is 2. The van der Waals surface area contributed by atoms with Crippen LogP contribution in [0.4, 0.5) is 5.69 Å². The summed E-state index contributed by atoms with van der Waals surface area (Å²) in [7, 11) is -2.92. The number of methoxy groups -OCH3 is 1. The maximum absolute atomic E-state index is 14.3. The van der Waals surface area contributed by atoms with E-state index in [-0.39, 0.29) is 40.2 Å². The third-order valence-corrected chi connectivity index (χ3v) is 9.13. The number of carbonyl (C=O) groups is 2. The first kappa shape index (κ1) is 34.5. The molecule has 0 aliphatic heterocycles. The molecule has 0 aliphatic rings. The van der Waals surface area contributed by atoms with Gasteiger partial charge in [-0.1, -0.05) is 65.5 Å². The molecule has 3 aromatic carbocycles. The molecule has 2 amide bonds. The molecule has 0 saturated carbocycles. The molecular weight excluding hydrogens is 633 g/mol. The van der Waals surface area contributed by atoms with Gasteiger partial charge in [0.25, 0.3) is 10.0 Å². The number of anilines is 1. The normalized spacial score (nSPS) is 12.4. The Morgan fingerprint density at radius 3 is 2.12 bits per heavy atom. The third kappa shape index (κ3) is 8.79. The van der Waals surface area contributed by atoms with E-state index in [2.05, 4.69) is 5.32 Å². The minimum absolute atomic E-state index is 0.0299. The second kappa shape index (κ2) is 14.2. The summed E-state index contributed by atoms with van der Waals surface area (Å²) < 4.78 is 34.7. The van der Waals surface area contributed by atoms with Crippen LogP contribution >= 0.6 is 34.8 Å². The van der Waals surface area contributed by atoms with E-state index in [4.69, 9.17) is 39.5 Å². The molecule has 0 bridgehead atoms. The number of benzene rings is 3. The zero-order valence-corrected chi connectivity index (χ0v) is 28.0. The van der Waals surface area contributed by atoms with Gasteiger partial charge in [-0.2, -0.15) is 0 Å². The van der Waals surface area contributed by atoms with Gasteiger partial charge >= 0.3 is 0 Å². The van der Waals surface area contributed by atoms with Crippen molar-refractivity contribution in [2.45, 2.75) is 64.1 Å². The fraction of sp³-hybridized carbons (Fsp3) is 0.355. The van der Waals surface area contributed by atoms with Crippen LogP contribution in [0.25, 0.3) is 0 Å². The molecule has 3 aromatic rings. The number of halogens is 3. The minimum Gasteiger partial charge on any atom is -0.495 e. The number of aryl methyl sites for hydroxylation is 1. The molecule has 1 atom stereocenters. The van der Waals surface area contributed by atoms with Crippen LogP contribution in [0, 0.1) is 6.92 Å². The number of nitrogens with one attached hydrogen (secondary N) is 1. The zero-order valence-electron chi connectivity index (χ0n) is 24.9. The summed E-state index contributed by atoms with van der Waals surface area (Å²) in [6, 6.07) is 14.7. The number of nitrogens with zero attached hydrogens (tertiary/aromatic N) is 2. The van der Waals surface area contributed by atoms with Crippen LogP contribution in [0.1, 0.15) is 45.2 Å². The van der Waals surface area contributed by atoms with Gasteiger partial charge in [-0.25, -0.2) is 8.42 Å². The molecule has 8 nitrogen and oxygen atoms in total. The molecule has 43 heavy (non-hydrogen) atoms. The van der Waals surface area contributed by atoms with Crippen LogP contribution in [0.3, 0.4) is 0 Å². The fourth-order valence-corrected chi connectivity index (χ4v) is 6.47. The topological polar surface area (TPSA) is 96.0 Å². The molecule has 232 valence electrons. The van der Waals surface area contributed by atoms with Crippen molar-refractivity contribution in [3.05, 3.63) is 86.9 Å². The largest absolute Gasteiger partial charge is 0.495 e. The van der Waals surface area contributed by atoms with Crippen LogP contribution in [0.5, 0.6) is 5.75 Å². The second-order valence-corrected chi connectivity index (χ2v) is 14.2. The van der Waals surface area contributed by atoms with E-state index in [9.17, 15) is 18.0 Å². The van der Waals surface area contributed by atoms with Crippen LogP contribution in [0.2, 0.25) is 15.1 Å². The molecule has 12 heteroatoms. The van der Waals surface area contributed by atoms with E-state index in [1.807, 2.05) is 27.7 Å². The Morgan fingerprint density at radius 2 is 1.56 bits per heavy atom. The summed E-state index contributed by atoms with van der Waals surface area (Å²) >= 11 is 18.9. The molecule has 0 saturated heterocycles. The summed E-state index contributed by atoms with van der Waals surface area (Å²) in [6.07, 6.45) is 0.254. The molecule has 0 fully saturated rings. The van der Waals surface area contributed by atoms with Crippen LogP contribution < -0.4 is 14.4 Å². The van der Waals surface area contributed by atoms with E-state index >= 15 is 0 Å². The molecule has 0 spiro atoms. The SMILES string of the molecule is CCC(C(=O)NC(C)(C)C)N(Cc1ccc(Cl)cc1Cl)C(=O)CN(c1cc(Cl)ccc1OC)S(=O)(=O)c1ccc(C)cc1. The molecule has 1 N–H and O–H groups in total. The van der Waals surface area contributed by atoms with Crippen molar-refractivity contribution in [3.63, 3.8) is 0 Å². The van der Waals surface area contributed by atoms with Gasteiger partial charge in [0.1, 0.15) is 18.3 Å². The quantitative estimate of drug-likeness (QED) is 0.240. The molecular formula is C31H36Cl3N3O5S. The van der Waals surface area contributed by atoms with Crippen molar-refractivity contribution in [2.24, 2.45) is 0 Å². The van der Waals surface area contributed by atoms with Gasteiger partial charge in [-0.15, -0.1) is 0 Å². The highest BCUT2D eigenvalue weighted by Crippen LogP contribution is 2.35. The number of rotatable bonds is 11. The fourth-order valence-electron chi connectivity index (χ4n) is 4.41. The number of ether oxygens (including phenoxy) is 1. The van der Waals surface area contributed by atoms with Crippen molar-refractivity contribution in [3.8, 4) is 5.75 Å². The first-order valence-corrected chi connectivity index (χ1v) is 16.1. The number of sulfonamides is 1. The Balaban J connectivity index is 2.17. The van der Waals surface area contributed by atoms with Gasteiger partial charge in [0.05, 0.1) is 17.7 Å². The van der Waals surface area contributed by atoms with E-state index in [0.717, 1.165) is 9.87 Å². The number of amides is 2. The molecule has 0 radical (unpaired) electrons. The Morgan fingerprint density at radius 1 is 0.953 bits per heavy atom. The zero-order chi connectivity index (χ0) is 32.1. The third-order valence-electron chi connectivity index (χ3n) is 6.54. The Labute approximate surface area is 268 Å². The highest BCUT2D eigenvalue weighted by molar-refractivity contribution is 7.92. The van der Waals surface area contributed by atoms with E-state index in [1.54, 1.807) is 43.3 Å². The van der Waals surface area contributed by atoms with Gasteiger partial charge in [-0.3, -0.25) is 13.9 Å². The summed E-state index contributed by atoms with van der Waals surface area (Å²) in [5.74, 6) is -0.834. The highest BCUT2D eigenvalue weighted by atomic mass is 35.5. The van der Waals surface area contributed by atoms with Crippen molar-refractivity contribution in [2.75, 3.05) is 18.0 Å². The predicted octanol–water partition coefficient (Wildman–Crippen LogP) is 6.88. The first-order valence-electron chi connectivity index (χ1n) is 13.6. The lowest BCUT2D eigenvalue weighted by Crippen LogP contribution is -2.55. The van der Waals surface area contributed by atoms with Crippen molar-refractivity contribution >= 4 is 62.3 Å². The van der Waals surface area contributed by atoms with Gasteiger partial charge < -0.3 is 15.0 Å². The van der Waals surface area contributed by atoms with Gasteiger partial charge in [-0.05, 0) is 82.1 Å². The first-order chi connectivity index (χ1) is 20.1. The van der Waals surface area contributed by atoms with E-state index in [0.29, 0.717) is 15.6 Å². The molecule has 0 aliphatic carbocycles. The predicted molar refractivity (Wildman–Crippen MR) is 173 cm³/mol. The summed E-state index contributed by atoms with van der Waals surface area (Å²) in [5.41, 5.74) is 0.894. The lowest BCUT2D eigenvalue weighted by molar-refractivity contribution is -0.141. The number of hydrogen-bond donors (Lipinski definition) is 1. The maximum Gasteiger partial charge on any atom is 0.264 e. The molecule has 0 heterocycles. The minimum atomic E-state index is -4.31. The van der Waals surface area contributed by atoms with Crippen LogP contribution in [-0.2, 0) is 26.2 Å². The van der Waals surface area contributed by atoms with Crippen LogP contribution in [-0.4, -0.2) is 50.4 Å². The Hall–Kier alpha value is -2.98. The van der Waals surface area contributed by atoms with Crippen LogP contribution in [0.15, 0.2) is 65.6 Å². The maximum atomic E-state index is 14.3. The standard InChI is InChI=1S/C31H36Cl3N3O5S/c1-7-26(30(39)35-31(3,4)5)36(18-21-10-11-22(32)16-25(21)34)29(38)19-37(27-17-23(33)12-15-28(27)42-6)43(40,41)24-13-8-20(2)9-14-24/h8-17,26H,7,18-19H2,1-6H3,(H,35,39). The summed E-state index contributed by atoms with van der Waals surface area (Å²) in [4.78, 5) is 29.1. The average molecular weight is 669 g/mol. The summed E-state index contributed by atoms with van der Waals surface area (Å²) in [6.45, 7) is 8.39. The lowest BCUT2D eigenvalue weighted by Gasteiger charge is -2.35. The Bertz CT molecular complexity index is 1570. The van der Waals surface area contributed by atoms with Gasteiger partial charge in [0.15, 0.2) is 0 Å². The monoisotopic (exact) mass is 667 g/mol. The second-order valence-electron chi connectivity index (χ2n) is 11.1. The average Bonchev–Trinajstić information content (AvgIpc) is 2.91. The smallest absolute Gasteiger partial charge is 0.264 e. The highest BCUT2D eigenvalue weighted by Gasteiger charge is 2.36. The lowest BCUT2D eigenvalue weighted by atomic mass is 10.1. The van der Waals surface area contributed by atoms with E-state index in [1.165, 1.54) is 36.3 Å². The molecule has 3 rings (SSSR count). The molecule has 0 aromatic heterocycles. The van der Waals surface area contributed by atoms with Gasteiger partial charge in [0.2, 0.25) is 11.8 Å².